The molecule has 0 aliphatic heterocycles. The highest BCUT2D eigenvalue weighted by Crippen LogP contribution is 2.12. The normalized spacial score (nSPS) is 10.1. The van der Waals surface area contributed by atoms with Crippen LogP contribution in [0.15, 0.2) is 40.8 Å². The van der Waals surface area contributed by atoms with Crippen molar-refractivity contribution < 1.29 is 23.8 Å². The fourth-order valence-electron chi connectivity index (χ4n) is 1.68. The Labute approximate surface area is 121 Å². The molecule has 1 aromatic carbocycles. The molecule has 6 nitrogen and oxygen atoms in total. The molecule has 0 aliphatic carbocycles. The van der Waals surface area contributed by atoms with Crippen LogP contribution in [-0.2, 0) is 11.3 Å². The predicted molar refractivity (Wildman–Crippen MR) is 74.2 cm³/mol. The van der Waals surface area contributed by atoms with Crippen LogP contribution in [0.5, 0.6) is 5.75 Å². The average molecular weight is 289 g/mol. The lowest BCUT2D eigenvalue weighted by Gasteiger charge is -2.07. The SMILES string of the molecule is Cc1cccc(OCC(=O)NCc2ccc(C(=O)O)o2)c1. The molecule has 0 fully saturated rings. The van der Waals surface area contributed by atoms with E-state index in [-0.39, 0.29) is 24.8 Å². The Morgan fingerprint density at radius 2 is 2.10 bits per heavy atom. The summed E-state index contributed by atoms with van der Waals surface area (Å²) in [7, 11) is 0. The Balaban J connectivity index is 1.78. The van der Waals surface area contributed by atoms with Gasteiger partial charge in [0.2, 0.25) is 5.76 Å². The van der Waals surface area contributed by atoms with Crippen molar-refractivity contribution in [3.63, 3.8) is 0 Å². The first-order valence-corrected chi connectivity index (χ1v) is 6.33. The lowest BCUT2D eigenvalue weighted by Crippen LogP contribution is -2.28. The van der Waals surface area contributed by atoms with Crippen molar-refractivity contribution in [2.75, 3.05) is 6.61 Å². The van der Waals surface area contributed by atoms with Crippen LogP contribution in [0.2, 0.25) is 0 Å². The highest BCUT2D eigenvalue weighted by atomic mass is 16.5. The van der Waals surface area contributed by atoms with E-state index in [1.54, 1.807) is 6.07 Å². The summed E-state index contributed by atoms with van der Waals surface area (Å²) >= 11 is 0. The van der Waals surface area contributed by atoms with Crippen LogP contribution >= 0.6 is 0 Å². The minimum Gasteiger partial charge on any atom is -0.484 e. The first-order valence-electron chi connectivity index (χ1n) is 6.33. The van der Waals surface area contributed by atoms with E-state index in [1.807, 2.05) is 25.1 Å². The molecule has 0 saturated heterocycles. The number of carbonyl (C=O) groups is 2. The third kappa shape index (κ3) is 4.38. The van der Waals surface area contributed by atoms with E-state index in [0.717, 1.165) is 5.56 Å². The quantitative estimate of drug-likeness (QED) is 0.848. The van der Waals surface area contributed by atoms with Gasteiger partial charge >= 0.3 is 5.97 Å². The number of carboxylic acids is 1. The van der Waals surface area contributed by atoms with Gasteiger partial charge in [0, 0.05) is 0 Å². The molecule has 21 heavy (non-hydrogen) atoms. The van der Waals surface area contributed by atoms with E-state index < -0.39 is 5.97 Å². The first kappa shape index (κ1) is 14.6. The van der Waals surface area contributed by atoms with Gasteiger partial charge in [0.25, 0.3) is 5.91 Å². The summed E-state index contributed by atoms with van der Waals surface area (Å²) in [6.07, 6.45) is 0. The van der Waals surface area contributed by atoms with Gasteiger partial charge in [-0.3, -0.25) is 4.79 Å². The molecule has 2 aromatic rings. The molecular formula is C15H15NO5. The molecule has 0 radical (unpaired) electrons. The van der Waals surface area contributed by atoms with Gasteiger partial charge in [0.1, 0.15) is 11.5 Å². The number of carbonyl (C=O) groups excluding carboxylic acids is 1. The second-order valence-electron chi connectivity index (χ2n) is 4.45. The number of amides is 1. The van der Waals surface area contributed by atoms with Crippen molar-refractivity contribution in [2.24, 2.45) is 0 Å². The molecule has 0 spiro atoms. The lowest BCUT2D eigenvalue weighted by molar-refractivity contribution is -0.123. The monoisotopic (exact) mass is 289 g/mol. The zero-order valence-corrected chi connectivity index (χ0v) is 11.5. The highest BCUT2D eigenvalue weighted by Gasteiger charge is 2.10. The van der Waals surface area contributed by atoms with Crippen molar-refractivity contribution in [1.82, 2.24) is 5.32 Å². The van der Waals surface area contributed by atoms with E-state index in [2.05, 4.69) is 5.32 Å². The summed E-state index contributed by atoms with van der Waals surface area (Å²) in [6, 6.07) is 10.2. The number of furan rings is 1. The predicted octanol–water partition coefficient (Wildman–Crippen LogP) is 1.98. The molecule has 0 aliphatic rings. The minimum atomic E-state index is -1.14. The molecule has 1 amide bonds. The second-order valence-corrected chi connectivity index (χ2v) is 4.45. The summed E-state index contributed by atoms with van der Waals surface area (Å²) in [5.74, 6) is -0.622. The summed E-state index contributed by atoms with van der Waals surface area (Å²) in [5.41, 5.74) is 1.05. The van der Waals surface area contributed by atoms with E-state index in [4.69, 9.17) is 14.3 Å². The van der Waals surface area contributed by atoms with Crippen molar-refractivity contribution in [3.05, 3.63) is 53.5 Å². The maximum absolute atomic E-state index is 11.6. The van der Waals surface area contributed by atoms with Gasteiger partial charge in [-0.15, -0.1) is 0 Å². The smallest absolute Gasteiger partial charge is 0.371 e. The Hall–Kier alpha value is -2.76. The van der Waals surface area contributed by atoms with E-state index >= 15 is 0 Å². The van der Waals surface area contributed by atoms with Gasteiger partial charge < -0.3 is 19.6 Å². The zero-order valence-electron chi connectivity index (χ0n) is 11.5. The average Bonchev–Trinajstić information content (AvgIpc) is 2.92. The van der Waals surface area contributed by atoms with Crippen molar-refractivity contribution >= 4 is 11.9 Å². The van der Waals surface area contributed by atoms with E-state index in [1.165, 1.54) is 12.1 Å². The van der Waals surface area contributed by atoms with Crippen LogP contribution in [0, 0.1) is 6.92 Å². The second kappa shape index (κ2) is 6.60. The van der Waals surface area contributed by atoms with Crippen molar-refractivity contribution in [1.29, 1.82) is 0 Å². The van der Waals surface area contributed by atoms with Gasteiger partial charge in [-0.2, -0.15) is 0 Å². The summed E-state index contributed by atoms with van der Waals surface area (Å²) in [6.45, 7) is 1.93. The number of aromatic carboxylic acids is 1. The fraction of sp³-hybridized carbons (Fsp3) is 0.200. The minimum absolute atomic E-state index is 0.114. The summed E-state index contributed by atoms with van der Waals surface area (Å²) < 4.78 is 10.4. The third-order valence-corrected chi connectivity index (χ3v) is 2.69. The highest BCUT2D eigenvalue weighted by molar-refractivity contribution is 5.84. The van der Waals surface area contributed by atoms with Crippen LogP contribution in [-0.4, -0.2) is 23.6 Å². The number of rotatable bonds is 6. The first-order chi connectivity index (χ1) is 10.0. The number of ether oxygens (including phenoxy) is 1. The van der Waals surface area contributed by atoms with Gasteiger partial charge in [-0.1, -0.05) is 12.1 Å². The standard InChI is InChI=1S/C15H15NO5/c1-10-3-2-4-11(7-10)20-9-14(17)16-8-12-5-6-13(21-12)15(18)19/h2-7H,8-9H2,1H3,(H,16,17)(H,18,19). The van der Waals surface area contributed by atoms with Crippen LogP contribution in [0.1, 0.15) is 21.9 Å². The number of hydrogen-bond donors (Lipinski definition) is 2. The molecule has 1 aromatic heterocycles. The van der Waals surface area contributed by atoms with Crippen LogP contribution < -0.4 is 10.1 Å². The maximum atomic E-state index is 11.6. The Kier molecular flexibility index (Phi) is 4.61. The number of nitrogens with one attached hydrogen (secondary N) is 1. The summed E-state index contributed by atoms with van der Waals surface area (Å²) in [4.78, 5) is 22.3. The van der Waals surface area contributed by atoms with Crippen molar-refractivity contribution in [3.8, 4) is 5.75 Å². The molecule has 6 heteroatoms. The number of carboxylic acid groups (broad SMARTS) is 1. The number of aryl methyl sites for hydroxylation is 1. The number of hydrogen-bond acceptors (Lipinski definition) is 4. The van der Waals surface area contributed by atoms with Crippen LogP contribution in [0.25, 0.3) is 0 Å². The Morgan fingerprint density at radius 3 is 2.76 bits per heavy atom. The van der Waals surface area contributed by atoms with Gasteiger partial charge in [-0.05, 0) is 36.8 Å². The molecule has 0 saturated carbocycles. The van der Waals surface area contributed by atoms with Gasteiger partial charge in [-0.25, -0.2) is 4.79 Å². The Bertz CT molecular complexity index is 647. The molecule has 2 N–H and O–H groups in total. The topological polar surface area (TPSA) is 88.8 Å². The van der Waals surface area contributed by atoms with Crippen molar-refractivity contribution in [2.45, 2.75) is 13.5 Å². The van der Waals surface area contributed by atoms with Crippen LogP contribution in [0.3, 0.4) is 0 Å². The zero-order chi connectivity index (χ0) is 15.2. The maximum Gasteiger partial charge on any atom is 0.371 e. The van der Waals surface area contributed by atoms with E-state index in [9.17, 15) is 9.59 Å². The summed E-state index contributed by atoms with van der Waals surface area (Å²) in [5, 5.41) is 11.3. The van der Waals surface area contributed by atoms with Gasteiger partial charge in [0.15, 0.2) is 6.61 Å². The molecule has 0 bridgehead atoms. The fourth-order valence-corrected chi connectivity index (χ4v) is 1.68. The van der Waals surface area contributed by atoms with E-state index in [0.29, 0.717) is 11.5 Å². The largest absolute Gasteiger partial charge is 0.484 e. The lowest BCUT2D eigenvalue weighted by atomic mass is 10.2. The molecule has 110 valence electrons. The molecule has 2 rings (SSSR count). The molecule has 1 heterocycles. The van der Waals surface area contributed by atoms with Gasteiger partial charge in [0.05, 0.1) is 6.54 Å². The van der Waals surface area contributed by atoms with Crippen LogP contribution in [0.4, 0.5) is 0 Å². The molecule has 0 atom stereocenters. The molecular weight excluding hydrogens is 274 g/mol. The third-order valence-electron chi connectivity index (χ3n) is 2.69. The number of benzene rings is 1. The molecule has 0 unspecified atom stereocenters. The Morgan fingerprint density at radius 1 is 1.29 bits per heavy atom.